The molecule has 3 aromatic rings. The number of anilines is 1. The molecule has 0 aliphatic heterocycles. The third-order valence-corrected chi connectivity index (χ3v) is 3.75. The van der Waals surface area contributed by atoms with Gasteiger partial charge in [0.25, 0.3) is 0 Å². The lowest BCUT2D eigenvalue weighted by atomic mass is 10.2. The van der Waals surface area contributed by atoms with E-state index >= 15 is 0 Å². The summed E-state index contributed by atoms with van der Waals surface area (Å²) in [6.45, 7) is 0.595. The number of hydrogen-bond donors (Lipinski definition) is 1. The zero-order valence-electron chi connectivity index (χ0n) is 11.8. The summed E-state index contributed by atoms with van der Waals surface area (Å²) in [5, 5.41) is 4.80. The number of fused-ring (bicyclic) bond motifs is 1. The first kappa shape index (κ1) is 14.9. The van der Waals surface area contributed by atoms with Crippen LogP contribution in [0, 0.1) is 0 Å². The van der Waals surface area contributed by atoms with Gasteiger partial charge in [0, 0.05) is 6.54 Å². The number of hydrogen-bond acceptors (Lipinski definition) is 4. The summed E-state index contributed by atoms with van der Waals surface area (Å²) >= 11 is 12.2. The van der Waals surface area contributed by atoms with Crippen LogP contribution in [0.25, 0.3) is 10.9 Å². The molecule has 0 saturated carbocycles. The van der Waals surface area contributed by atoms with Crippen LogP contribution in [0.4, 0.5) is 5.82 Å². The molecule has 0 saturated heterocycles. The van der Waals surface area contributed by atoms with Gasteiger partial charge in [-0.05, 0) is 41.4 Å². The minimum absolute atomic E-state index is 0.187. The second kappa shape index (κ2) is 6.38. The molecule has 4 nitrogen and oxygen atoms in total. The number of aromatic nitrogens is 2. The topological polar surface area (TPSA) is 47.0 Å². The summed E-state index contributed by atoms with van der Waals surface area (Å²) in [6.07, 6.45) is 0. The average molecular weight is 334 g/mol. The van der Waals surface area contributed by atoms with E-state index in [0.717, 1.165) is 16.7 Å². The van der Waals surface area contributed by atoms with Gasteiger partial charge in [0.2, 0.25) is 5.28 Å². The molecule has 1 aromatic heterocycles. The lowest BCUT2D eigenvalue weighted by Gasteiger charge is -2.10. The molecular weight excluding hydrogens is 321 g/mol. The highest BCUT2D eigenvalue weighted by Gasteiger charge is 2.09. The molecule has 0 radical (unpaired) electrons. The van der Waals surface area contributed by atoms with Crippen molar-refractivity contribution in [1.29, 1.82) is 0 Å². The maximum Gasteiger partial charge on any atom is 0.224 e. The smallest absolute Gasteiger partial charge is 0.224 e. The number of nitrogens with one attached hydrogen (secondary N) is 1. The minimum atomic E-state index is 0.187. The molecule has 1 heterocycles. The van der Waals surface area contributed by atoms with Gasteiger partial charge in [0.05, 0.1) is 23.0 Å². The summed E-state index contributed by atoms with van der Waals surface area (Å²) in [5.41, 5.74) is 1.81. The number of nitrogens with zero attached hydrogens (tertiary/aromatic N) is 2. The molecule has 0 aliphatic rings. The van der Waals surface area contributed by atoms with Crippen LogP contribution >= 0.6 is 23.2 Å². The van der Waals surface area contributed by atoms with E-state index in [1.165, 1.54) is 0 Å². The zero-order chi connectivity index (χ0) is 15.5. The Kier molecular flexibility index (Phi) is 4.32. The Morgan fingerprint density at radius 2 is 1.82 bits per heavy atom. The van der Waals surface area contributed by atoms with Gasteiger partial charge in [0.15, 0.2) is 0 Å². The Balaban J connectivity index is 1.89. The van der Waals surface area contributed by atoms with E-state index in [0.29, 0.717) is 22.9 Å². The van der Waals surface area contributed by atoms with Crippen LogP contribution in [0.3, 0.4) is 0 Å². The summed E-state index contributed by atoms with van der Waals surface area (Å²) < 4.78 is 5.15. The van der Waals surface area contributed by atoms with Crippen LogP contribution in [0.15, 0.2) is 42.5 Å². The summed E-state index contributed by atoms with van der Waals surface area (Å²) in [4.78, 5) is 8.43. The van der Waals surface area contributed by atoms with Gasteiger partial charge in [-0.1, -0.05) is 29.8 Å². The first-order valence-electron chi connectivity index (χ1n) is 6.66. The number of rotatable bonds is 4. The van der Waals surface area contributed by atoms with Crippen LogP contribution in [-0.2, 0) is 6.54 Å². The molecule has 22 heavy (non-hydrogen) atoms. The Morgan fingerprint density at radius 1 is 1.05 bits per heavy atom. The van der Waals surface area contributed by atoms with Crippen LogP contribution in [-0.4, -0.2) is 17.1 Å². The maximum absolute atomic E-state index is 6.26. The fourth-order valence-corrected chi connectivity index (χ4v) is 2.60. The number of halogens is 2. The van der Waals surface area contributed by atoms with Gasteiger partial charge >= 0.3 is 0 Å². The predicted octanol–water partition coefficient (Wildman–Crippen LogP) is 4.56. The number of ether oxygens (including phenoxy) is 1. The lowest BCUT2D eigenvalue weighted by molar-refractivity contribution is 0.414. The van der Waals surface area contributed by atoms with Crippen LogP contribution in [0.1, 0.15) is 5.56 Å². The predicted molar refractivity (Wildman–Crippen MR) is 89.9 cm³/mol. The van der Waals surface area contributed by atoms with E-state index in [9.17, 15) is 0 Å². The fourth-order valence-electron chi connectivity index (χ4n) is 2.17. The average Bonchev–Trinajstić information content (AvgIpc) is 2.53. The van der Waals surface area contributed by atoms with E-state index in [-0.39, 0.29) is 5.28 Å². The Bertz CT molecular complexity index is 806. The number of benzene rings is 2. The highest BCUT2D eigenvalue weighted by Crippen LogP contribution is 2.29. The van der Waals surface area contributed by atoms with Crippen molar-refractivity contribution in [3.63, 3.8) is 0 Å². The van der Waals surface area contributed by atoms with Gasteiger partial charge < -0.3 is 10.1 Å². The molecule has 6 heteroatoms. The van der Waals surface area contributed by atoms with E-state index < -0.39 is 0 Å². The third kappa shape index (κ3) is 3.08. The van der Waals surface area contributed by atoms with Crippen molar-refractivity contribution in [3.05, 3.63) is 58.3 Å². The van der Waals surface area contributed by atoms with Crippen LogP contribution in [0.2, 0.25) is 10.3 Å². The Labute approximate surface area is 138 Å². The lowest BCUT2D eigenvalue weighted by Crippen LogP contribution is -2.03. The largest absolute Gasteiger partial charge is 0.497 e. The molecule has 0 amide bonds. The van der Waals surface area contributed by atoms with Crippen molar-refractivity contribution in [2.45, 2.75) is 6.54 Å². The van der Waals surface area contributed by atoms with E-state index in [2.05, 4.69) is 15.3 Å². The van der Waals surface area contributed by atoms with E-state index in [1.54, 1.807) is 13.2 Å². The molecule has 0 bridgehead atoms. The molecular formula is C16H13Cl2N3O. The van der Waals surface area contributed by atoms with Crippen molar-refractivity contribution in [3.8, 4) is 5.75 Å². The maximum atomic E-state index is 6.26. The quantitative estimate of drug-likeness (QED) is 0.711. The van der Waals surface area contributed by atoms with Gasteiger partial charge in [0.1, 0.15) is 11.6 Å². The molecule has 0 fully saturated rings. The zero-order valence-corrected chi connectivity index (χ0v) is 13.3. The SMILES string of the molecule is COc1ccc(CNc2nc(Cl)nc3cccc(Cl)c23)cc1. The first-order valence-corrected chi connectivity index (χ1v) is 7.41. The van der Waals surface area contributed by atoms with E-state index in [4.69, 9.17) is 27.9 Å². The molecule has 0 atom stereocenters. The molecule has 1 N–H and O–H groups in total. The third-order valence-electron chi connectivity index (χ3n) is 3.26. The second-order valence-corrected chi connectivity index (χ2v) is 5.42. The van der Waals surface area contributed by atoms with Gasteiger partial charge in [-0.3, -0.25) is 0 Å². The van der Waals surface area contributed by atoms with Crippen molar-refractivity contribution in [2.24, 2.45) is 0 Å². The number of methoxy groups -OCH3 is 1. The van der Waals surface area contributed by atoms with Crippen molar-refractivity contribution >= 4 is 39.9 Å². The fraction of sp³-hybridized carbons (Fsp3) is 0.125. The van der Waals surface area contributed by atoms with Crippen molar-refractivity contribution in [1.82, 2.24) is 9.97 Å². The summed E-state index contributed by atoms with van der Waals surface area (Å²) in [6, 6.07) is 13.3. The van der Waals surface area contributed by atoms with Crippen LogP contribution in [0.5, 0.6) is 5.75 Å². The van der Waals surface area contributed by atoms with Gasteiger partial charge in [-0.2, -0.15) is 0 Å². The Morgan fingerprint density at radius 3 is 2.55 bits per heavy atom. The highest BCUT2D eigenvalue weighted by atomic mass is 35.5. The standard InChI is InChI=1S/C16H13Cl2N3O/c1-22-11-7-5-10(6-8-11)9-19-15-14-12(17)3-2-4-13(14)20-16(18)21-15/h2-8H,9H2,1H3,(H,19,20,21). The highest BCUT2D eigenvalue weighted by molar-refractivity contribution is 6.36. The van der Waals surface area contributed by atoms with Crippen LogP contribution < -0.4 is 10.1 Å². The molecule has 0 unspecified atom stereocenters. The molecule has 112 valence electrons. The summed E-state index contributed by atoms with van der Waals surface area (Å²) in [7, 11) is 1.64. The van der Waals surface area contributed by atoms with Gasteiger partial charge in [-0.25, -0.2) is 9.97 Å². The Hall–Kier alpha value is -2.04. The second-order valence-electron chi connectivity index (χ2n) is 4.68. The van der Waals surface area contributed by atoms with Crippen molar-refractivity contribution < 1.29 is 4.74 Å². The minimum Gasteiger partial charge on any atom is -0.497 e. The normalized spacial score (nSPS) is 10.7. The summed E-state index contributed by atoms with van der Waals surface area (Å²) in [5.74, 6) is 1.44. The monoisotopic (exact) mass is 333 g/mol. The van der Waals surface area contributed by atoms with Gasteiger partial charge in [-0.15, -0.1) is 0 Å². The molecule has 0 spiro atoms. The molecule has 2 aromatic carbocycles. The molecule has 3 rings (SSSR count). The van der Waals surface area contributed by atoms with Crippen molar-refractivity contribution in [2.75, 3.05) is 12.4 Å². The van der Waals surface area contributed by atoms with E-state index in [1.807, 2.05) is 36.4 Å². The molecule has 0 aliphatic carbocycles. The first-order chi connectivity index (χ1) is 10.7.